The zero-order valence-corrected chi connectivity index (χ0v) is 18.0. The van der Waals surface area contributed by atoms with Crippen LogP contribution in [-0.2, 0) is 9.84 Å². The second-order valence-electron chi connectivity index (χ2n) is 7.82. The van der Waals surface area contributed by atoms with Crippen LogP contribution in [0.4, 0.5) is 0 Å². The van der Waals surface area contributed by atoms with Crippen LogP contribution >= 0.6 is 0 Å². The Kier molecular flexibility index (Phi) is 5.47. The second kappa shape index (κ2) is 8.07. The summed E-state index contributed by atoms with van der Waals surface area (Å²) in [5, 5.41) is 4.64. The number of hydrogen-bond acceptors (Lipinski definition) is 4. The highest BCUT2D eigenvalue weighted by Crippen LogP contribution is 2.31. The van der Waals surface area contributed by atoms with Crippen LogP contribution in [-0.4, -0.2) is 48.4 Å². The maximum Gasteiger partial charge on any atom is 0.253 e. The number of rotatable bonds is 4. The molecule has 1 fully saturated rings. The van der Waals surface area contributed by atoms with Crippen LogP contribution in [0.2, 0.25) is 0 Å². The first-order valence-electron chi connectivity index (χ1n) is 10.0. The summed E-state index contributed by atoms with van der Waals surface area (Å²) in [6.07, 6.45) is 2.94. The van der Waals surface area contributed by atoms with Crippen molar-refractivity contribution in [1.82, 2.24) is 14.7 Å². The molecule has 7 heteroatoms. The number of nitrogens with zero attached hydrogens (tertiary/aromatic N) is 3. The van der Waals surface area contributed by atoms with E-state index in [1.807, 2.05) is 46.8 Å². The Morgan fingerprint density at radius 1 is 1.00 bits per heavy atom. The third-order valence-corrected chi connectivity index (χ3v) is 6.72. The second-order valence-corrected chi connectivity index (χ2v) is 9.84. The molecule has 0 atom stereocenters. The number of carbonyl (C=O) groups excluding carboxylic acids is 1. The average molecular weight is 424 g/mol. The molecule has 1 aliphatic rings. The van der Waals surface area contributed by atoms with Crippen molar-refractivity contribution < 1.29 is 13.2 Å². The minimum absolute atomic E-state index is 0.0788. The van der Waals surface area contributed by atoms with Gasteiger partial charge in [-0.1, -0.05) is 18.2 Å². The SMILES string of the molecule is Cc1cc(C2CCN(C(=O)c3ccccc3)CC2)n(-c2ccc(S(C)(=O)=O)cc2)n1. The number of likely N-dealkylation sites (tertiary alicyclic amines) is 1. The van der Waals surface area contributed by atoms with Gasteiger partial charge in [0.05, 0.1) is 16.3 Å². The summed E-state index contributed by atoms with van der Waals surface area (Å²) in [6, 6.07) is 18.3. The number of amides is 1. The van der Waals surface area contributed by atoms with Crippen molar-refractivity contribution in [2.45, 2.75) is 30.6 Å². The summed E-state index contributed by atoms with van der Waals surface area (Å²) >= 11 is 0. The van der Waals surface area contributed by atoms with E-state index in [0.717, 1.165) is 35.5 Å². The fourth-order valence-electron chi connectivity index (χ4n) is 3.99. The van der Waals surface area contributed by atoms with E-state index in [2.05, 4.69) is 11.2 Å². The summed E-state index contributed by atoms with van der Waals surface area (Å²) in [7, 11) is -3.23. The lowest BCUT2D eigenvalue weighted by molar-refractivity contribution is 0.0711. The van der Waals surface area contributed by atoms with Gasteiger partial charge in [0.1, 0.15) is 0 Å². The summed E-state index contributed by atoms with van der Waals surface area (Å²) in [5.74, 6) is 0.371. The Morgan fingerprint density at radius 3 is 2.23 bits per heavy atom. The average Bonchev–Trinajstić information content (AvgIpc) is 3.15. The molecule has 2 aromatic carbocycles. The molecule has 3 aromatic rings. The lowest BCUT2D eigenvalue weighted by Crippen LogP contribution is -2.38. The van der Waals surface area contributed by atoms with Gasteiger partial charge in [-0.3, -0.25) is 4.79 Å². The van der Waals surface area contributed by atoms with Crippen molar-refractivity contribution in [2.75, 3.05) is 19.3 Å². The highest BCUT2D eigenvalue weighted by atomic mass is 32.2. The van der Waals surface area contributed by atoms with Gasteiger partial charge in [0, 0.05) is 36.5 Å². The molecule has 0 aliphatic carbocycles. The topological polar surface area (TPSA) is 72.3 Å². The number of aryl methyl sites for hydroxylation is 1. The Morgan fingerprint density at radius 2 is 1.63 bits per heavy atom. The lowest BCUT2D eigenvalue weighted by Gasteiger charge is -2.32. The number of carbonyl (C=O) groups is 1. The lowest BCUT2D eigenvalue weighted by atomic mass is 9.92. The molecular formula is C23H25N3O3S. The molecule has 1 amide bonds. The van der Waals surface area contributed by atoms with Crippen molar-refractivity contribution >= 4 is 15.7 Å². The molecule has 156 valence electrons. The van der Waals surface area contributed by atoms with E-state index in [4.69, 9.17) is 0 Å². The smallest absolute Gasteiger partial charge is 0.253 e. The van der Waals surface area contributed by atoms with Gasteiger partial charge in [-0.15, -0.1) is 0 Å². The highest BCUT2D eigenvalue weighted by molar-refractivity contribution is 7.90. The first kappa shape index (κ1) is 20.3. The van der Waals surface area contributed by atoms with Crippen LogP contribution in [0, 0.1) is 6.92 Å². The van der Waals surface area contributed by atoms with Crippen LogP contribution in [0.3, 0.4) is 0 Å². The molecule has 1 aliphatic heterocycles. The van der Waals surface area contributed by atoms with Crippen LogP contribution in [0.1, 0.15) is 40.5 Å². The summed E-state index contributed by atoms with van der Waals surface area (Å²) in [6.45, 7) is 3.37. The molecule has 0 radical (unpaired) electrons. The molecule has 4 rings (SSSR count). The molecule has 0 saturated carbocycles. The molecule has 1 aromatic heterocycles. The Bertz CT molecular complexity index is 1140. The fraction of sp³-hybridized carbons (Fsp3) is 0.304. The number of aromatic nitrogens is 2. The molecule has 0 N–H and O–H groups in total. The van der Waals surface area contributed by atoms with Crippen molar-refractivity contribution in [1.29, 1.82) is 0 Å². The number of sulfone groups is 1. The van der Waals surface area contributed by atoms with Gasteiger partial charge in [0.2, 0.25) is 0 Å². The van der Waals surface area contributed by atoms with E-state index in [0.29, 0.717) is 23.9 Å². The maximum absolute atomic E-state index is 12.7. The third-order valence-electron chi connectivity index (χ3n) is 5.59. The predicted molar refractivity (Wildman–Crippen MR) is 116 cm³/mol. The van der Waals surface area contributed by atoms with E-state index < -0.39 is 9.84 Å². The van der Waals surface area contributed by atoms with Crippen LogP contribution in [0.15, 0.2) is 65.6 Å². The first-order chi connectivity index (χ1) is 14.3. The Labute approximate surface area is 177 Å². The van der Waals surface area contributed by atoms with Gasteiger partial charge in [0.15, 0.2) is 9.84 Å². The Balaban J connectivity index is 1.52. The number of hydrogen-bond donors (Lipinski definition) is 0. The molecule has 2 heterocycles. The molecular weight excluding hydrogens is 398 g/mol. The zero-order valence-electron chi connectivity index (χ0n) is 17.2. The van der Waals surface area contributed by atoms with Crippen LogP contribution in [0.25, 0.3) is 5.69 Å². The molecule has 0 spiro atoms. The van der Waals surface area contributed by atoms with Crippen LogP contribution in [0.5, 0.6) is 0 Å². The standard InChI is InChI=1S/C23H25N3O3S/c1-17-16-22(26(24-17)20-8-10-21(11-9-20)30(2,28)29)18-12-14-25(15-13-18)23(27)19-6-4-3-5-7-19/h3-11,16,18H,12-15H2,1-2H3. The van der Waals surface area contributed by atoms with Gasteiger partial charge in [-0.05, 0) is 62.2 Å². The molecule has 0 bridgehead atoms. The van der Waals surface area contributed by atoms with E-state index in [1.54, 1.807) is 24.3 Å². The molecule has 0 unspecified atom stereocenters. The molecule has 30 heavy (non-hydrogen) atoms. The minimum atomic E-state index is -3.23. The van der Waals surface area contributed by atoms with Crippen molar-refractivity contribution in [3.63, 3.8) is 0 Å². The zero-order chi connectivity index (χ0) is 21.3. The van der Waals surface area contributed by atoms with E-state index >= 15 is 0 Å². The fourth-order valence-corrected chi connectivity index (χ4v) is 4.62. The monoisotopic (exact) mass is 423 g/mol. The molecule has 6 nitrogen and oxygen atoms in total. The van der Waals surface area contributed by atoms with Gasteiger partial charge < -0.3 is 4.90 Å². The highest BCUT2D eigenvalue weighted by Gasteiger charge is 2.27. The van der Waals surface area contributed by atoms with Crippen molar-refractivity contribution in [3.8, 4) is 5.69 Å². The van der Waals surface area contributed by atoms with Gasteiger partial charge in [0.25, 0.3) is 5.91 Å². The number of benzene rings is 2. The summed E-state index contributed by atoms with van der Waals surface area (Å²) in [5.41, 5.74) is 3.59. The number of piperidine rings is 1. The normalized spacial score (nSPS) is 15.3. The van der Waals surface area contributed by atoms with Gasteiger partial charge in [-0.25, -0.2) is 13.1 Å². The summed E-state index contributed by atoms with van der Waals surface area (Å²) in [4.78, 5) is 14.9. The van der Waals surface area contributed by atoms with Gasteiger partial charge in [-0.2, -0.15) is 5.10 Å². The predicted octanol–water partition coefficient (Wildman–Crippen LogP) is 3.60. The van der Waals surface area contributed by atoms with Crippen molar-refractivity contribution in [3.05, 3.63) is 77.6 Å². The van der Waals surface area contributed by atoms with E-state index in [9.17, 15) is 13.2 Å². The first-order valence-corrected chi connectivity index (χ1v) is 11.9. The molecule has 1 saturated heterocycles. The largest absolute Gasteiger partial charge is 0.339 e. The van der Waals surface area contributed by atoms with E-state index in [-0.39, 0.29) is 5.91 Å². The van der Waals surface area contributed by atoms with E-state index in [1.165, 1.54) is 6.26 Å². The van der Waals surface area contributed by atoms with Gasteiger partial charge >= 0.3 is 0 Å². The van der Waals surface area contributed by atoms with Crippen molar-refractivity contribution in [2.24, 2.45) is 0 Å². The summed E-state index contributed by atoms with van der Waals surface area (Å²) < 4.78 is 25.4. The Hall–Kier alpha value is -2.93. The minimum Gasteiger partial charge on any atom is -0.339 e. The van der Waals surface area contributed by atoms with Crippen LogP contribution < -0.4 is 0 Å². The third kappa shape index (κ3) is 4.16. The maximum atomic E-state index is 12.7. The quantitative estimate of drug-likeness (QED) is 0.643.